The minimum absolute atomic E-state index is 0.161. The van der Waals surface area contributed by atoms with Gasteiger partial charge in [-0.2, -0.15) is 0 Å². The molecule has 0 aliphatic heterocycles. The molecule has 4 nitrogen and oxygen atoms in total. The van der Waals surface area contributed by atoms with E-state index >= 15 is 0 Å². The molecule has 0 fully saturated rings. The van der Waals surface area contributed by atoms with Crippen molar-refractivity contribution in [2.24, 2.45) is 0 Å². The maximum atomic E-state index is 11.1. The van der Waals surface area contributed by atoms with Gasteiger partial charge in [0, 0.05) is 5.69 Å². The normalized spacial score (nSPS) is 10.7. The van der Waals surface area contributed by atoms with E-state index in [-0.39, 0.29) is 10.7 Å². The van der Waals surface area contributed by atoms with Gasteiger partial charge in [0.05, 0.1) is 5.56 Å². The number of aldehydes is 1. The molecule has 20 heavy (non-hydrogen) atoms. The number of benzene rings is 1. The zero-order chi connectivity index (χ0) is 14.7. The summed E-state index contributed by atoms with van der Waals surface area (Å²) in [7, 11) is 0. The zero-order valence-electron chi connectivity index (χ0n) is 11.6. The Bertz CT molecular complexity index is 624. The highest BCUT2D eigenvalue weighted by molar-refractivity contribution is 6.32. The molecule has 2 rings (SSSR count). The first kappa shape index (κ1) is 14.5. The number of nitrogens with zero attached hydrogens (tertiary/aromatic N) is 2. The first-order valence-electron chi connectivity index (χ1n) is 6.37. The zero-order valence-corrected chi connectivity index (χ0v) is 12.4. The second kappa shape index (κ2) is 6.01. The van der Waals surface area contributed by atoms with Crippen LogP contribution in [-0.4, -0.2) is 16.3 Å². The van der Waals surface area contributed by atoms with Gasteiger partial charge in [0.25, 0.3) is 0 Å². The molecule has 2 aromatic rings. The fourth-order valence-electron chi connectivity index (χ4n) is 1.83. The smallest absolute Gasteiger partial charge is 0.156 e. The van der Waals surface area contributed by atoms with Crippen molar-refractivity contribution in [2.75, 3.05) is 5.32 Å². The number of hydrogen-bond acceptors (Lipinski definition) is 4. The summed E-state index contributed by atoms with van der Waals surface area (Å²) in [6, 6.07) is 8.00. The number of aryl methyl sites for hydroxylation is 1. The monoisotopic (exact) mass is 289 g/mol. The standard InChI is InChI=1S/C15H16ClN3O/c1-9(2)11-4-6-12(7-5-11)19-15-13(8-20)14(16)17-10(3)18-15/h4-9H,1-3H3,(H,17,18,19). The van der Waals surface area contributed by atoms with Crippen LogP contribution in [0.2, 0.25) is 5.15 Å². The van der Waals surface area contributed by atoms with E-state index in [9.17, 15) is 4.79 Å². The fourth-order valence-corrected chi connectivity index (χ4v) is 2.09. The number of hydrogen-bond donors (Lipinski definition) is 1. The summed E-state index contributed by atoms with van der Waals surface area (Å²) < 4.78 is 0. The van der Waals surface area contributed by atoms with Crippen LogP contribution in [0.1, 0.15) is 41.5 Å². The van der Waals surface area contributed by atoms with Crippen molar-refractivity contribution in [3.8, 4) is 0 Å². The van der Waals surface area contributed by atoms with Gasteiger partial charge >= 0.3 is 0 Å². The second-order valence-electron chi connectivity index (χ2n) is 4.84. The van der Waals surface area contributed by atoms with Crippen molar-refractivity contribution < 1.29 is 4.79 Å². The first-order valence-corrected chi connectivity index (χ1v) is 6.75. The van der Waals surface area contributed by atoms with Gasteiger partial charge in [-0.3, -0.25) is 4.79 Å². The van der Waals surface area contributed by atoms with Gasteiger partial charge in [0.1, 0.15) is 16.8 Å². The van der Waals surface area contributed by atoms with E-state index in [0.717, 1.165) is 5.69 Å². The lowest BCUT2D eigenvalue weighted by atomic mass is 10.0. The van der Waals surface area contributed by atoms with Crippen molar-refractivity contribution in [3.05, 3.63) is 46.4 Å². The molecule has 0 saturated heterocycles. The van der Waals surface area contributed by atoms with Crippen molar-refractivity contribution in [1.29, 1.82) is 0 Å². The van der Waals surface area contributed by atoms with Crippen LogP contribution >= 0.6 is 11.6 Å². The molecule has 0 aliphatic carbocycles. The van der Waals surface area contributed by atoms with Crippen LogP contribution in [0.5, 0.6) is 0 Å². The van der Waals surface area contributed by atoms with Crippen molar-refractivity contribution in [3.63, 3.8) is 0 Å². The molecule has 0 bridgehead atoms. The molecule has 0 radical (unpaired) electrons. The van der Waals surface area contributed by atoms with Crippen LogP contribution < -0.4 is 5.32 Å². The molecule has 0 atom stereocenters. The van der Waals surface area contributed by atoms with Gasteiger partial charge in [-0.1, -0.05) is 37.6 Å². The number of aromatic nitrogens is 2. The number of anilines is 2. The minimum atomic E-state index is 0.161. The lowest BCUT2D eigenvalue weighted by molar-refractivity contribution is 0.112. The van der Waals surface area contributed by atoms with Crippen molar-refractivity contribution >= 4 is 29.4 Å². The SMILES string of the molecule is Cc1nc(Cl)c(C=O)c(Nc2ccc(C(C)C)cc2)n1. The highest BCUT2D eigenvalue weighted by atomic mass is 35.5. The molecule has 0 amide bonds. The number of rotatable bonds is 4. The molecule has 1 heterocycles. The molecular weight excluding hydrogens is 274 g/mol. The number of halogens is 1. The average molecular weight is 290 g/mol. The summed E-state index contributed by atoms with van der Waals surface area (Å²) in [5, 5.41) is 3.27. The van der Waals surface area contributed by atoms with E-state index in [1.54, 1.807) is 6.92 Å². The third kappa shape index (κ3) is 3.14. The summed E-state index contributed by atoms with van der Waals surface area (Å²) >= 11 is 5.95. The molecule has 0 saturated carbocycles. The Balaban J connectivity index is 2.32. The van der Waals surface area contributed by atoms with Crippen LogP contribution in [-0.2, 0) is 0 Å². The van der Waals surface area contributed by atoms with E-state index in [1.165, 1.54) is 5.56 Å². The molecule has 1 aromatic carbocycles. The van der Waals surface area contributed by atoms with Crippen LogP contribution in [0, 0.1) is 6.92 Å². The summed E-state index contributed by atoms with van der Waals surface area (Å²) in [4.78, 5) is 19.3. The predicted molar refractivity (Wildman–Crippen MR) is 81.0 cm³/mol. The van der Waals surface area contributed by atoms with Crippen molar-refractivity contribution in [2.45, 2.75) is 26.7 Å². The van der Waals surface area contributed by atoms with Gasteiger partial charge in [-0.25, -0.2) is 9.97 Å². The van der Waals surface area contributed by atoms with Crippen molar-refractivity contribution in [1.82, 2.24) is 9.97 Å². The van der Waals surface area contributed by atoms with E-state index in [2.05, 4.69) is 29.1 Å². The molecule has 104 valence electrons. The fraction of sp³-hybridized carbons (Fsp3) is 0.267. The molecule has 1 N–H and O–H groups in total. The topological polar surface area (TPSA) is 54.9 Å². The third-order valence-electron chi connectivity index (χ3n) is 2.97. The Labute approximate surface area is 123 Å². The van der Waals surface area contributed by atoms with Crippen LogP contribution in [0.15, 0.2) is 24.3 Å². The van der Waals surface area contributed by atoms with Gasteiger partial charge < -0.3 is 5.32 Å². The Morgan fingerprint density at radius 2 is 1.85 bits per heavy atom. The lowest BCUT2D eigenvalue weighted by Gasteiger charge is -2.11. The van der Waals surface area contributed by atoms with Gasteiger partial charge in [0.2, 0.25) is 0 Å². The number of carbonyl (C=O) groups excluding carboxylic acids is 1. The molecule has 0 aliphatic rings. The van der Waals surface area contributed by atoms with Gasteiger partial charge in [0.15, 0.2) is 6.29 Å². The largest absolute Gasteiger partial charge is 0.339 e. The van der Waals surface area contributed by atoms with Crippen LogP contribution in [0.3, 0.4) is 0 Å². The Hall–Kier alpha value is -1.94. The Morgan fingerprint density at radius 1 is 1.20 bits per heavy atom. The maximum absolute atomic E-state index is 11.1. The summed E-state index contributed by atoms with van der Waals surface area (Å²) in [6.07, 6.45) is 0.659. The Morgan fingerprint density at radius 3 is 2.40 bits per heavy atom. The predicted octanol–water partition coefficient (Wildman–Crippen LogP) is 4.12. The molecule has 0 spiro atoms. The number of carbonyl (C=O) groups is 1. The summed E-state index contributed by atoms with van der Waals surface area (Å²) in [5.41, 5.74) is 2.37. The molecule has 5 heteroatoms. The van der Waals surface area contributed by atoms with E-state index in [0.29, 0.717) is 23.8 Å². The Kier molecular flexibility index (Phi) is 4.35. The minimum Gasteiger partial charge on any atom is -0.339 e. The van der Waals surface area contributed by atoms with Crippen LogP contribution in [0.25, 0.3) is 0 Å². The maximum Gasteiger partial charge on any atom is 0.156 e. The molecular formula is C15H16ClN3O. The van der Waals surface area contributed by atoms with E-state index < -0.39 is 0 Å². The van der Waals surface area contributed by atoms with Gasteiger partial charge in [-0.05, 0) is 30.5 Å². The van der Waals surface area contributed by atoms with Gasteiger partial charge in [-0.15, -0.1) is 0 Å². The molecule has 1 aromatic heterocycles. The summed E-state index contributed by atoms with van der Waals surface area (Å²) in [5.74, 6) is 1.42. The summed E-state index contributed by atoms with van der Waals surface area (Å²) in [6.45, 7) is 6.01. The quantitative estimate of drug-likeness (QED) is 0.679. The second-order valence-corrected chi connectivity index (χ2v) is 5.20. The third-order valence-corrected chi connectivity index (χ3v) is 3.26. The average Bonchev–Trinajstić information content (AvgIpc) is 2.39. The highest BCUT2D eigenvalue weighted by Gasteiger charge is 2.11. The lowest BCUT2D eigenvalue weighted by Crippen LogP contribution is -2.03. The van der Waals surface area contributed by atoms with E-state index in [1.807, 2.05) is 24.3 Å². The van der Waals surface area contributed by atoms with Crippen LogP contribution in [0.4, 0.5) is 11.5 Å². The van der Waals surface area contributed by atoms with E-state index in [4.69, 9.17) is 11.6 Å². The highest BCUT2D eigenvalue weighted by Crippen LogP contribution is 2.24. The molecule has 0 unspecified atom stereocenters. The number of nitrogens with one attached hydrogen (secondary N) is 1. The first-order chi connectivity index (χ1) is 9.51.